The summed E-state index contributed by atoms with van der Waals surface area (Å²) in [6.07, 6.45) is 7.78. The summed E-state index contributed by atoms with van der Waals surface area (Å²) in [6.45, 7) is 1.50. The molecule has 2 rings (SSSR count). The average Bonchev–Trinajstić information content (AvgIpc) is 2.77. The molecule has 0 bridgehead atoms. The first kappa shape index (κ1) is 14.4. The average molecular weight is 268 g/mol. The van der Waals surface area contributed by atoms with Crippen LogP contribution in [0.3, 0.4) is 0 Å². The molecule has 1 fully saturated rings. The Bertz CT molecular complexity index is 369. The first-order valence-corrected chi connectivity index (χ1v) is 7.21. The maximum absolute atomic E-state index is 10.0. The first-order valence-electron chi connectivity index (χ1n) is 7.21. The third-order valence-corrected chi connectivity index (χ3v) is 3.66. The first-order chi connectivity index (χ1) is 9.29. The van der Waals surface area contributed by atoms with Crippen LogP contribution in [0.2, 0.25) is 0 Å². The standard InChI is InChI=1S/C13H24N4O2/c18-8-4-7-17-10-11(15-16-17)9-14-12-5-2-1-3-6-13(12)19/h10,12-14,18-19H,1-9H2. The van der Waals surface area contributed by atoms with Gasteiger partial charge in [-0.05, 0) is 19.3 Å². The van der Waals surface area contributed by atoms with Gasteiger partial charge in [0.1, 0.15) is 0 Å². The van der Waals surface area contributed by atoms with Gasteiger partial charge in [0.2, 0.25) is 0 Å². The zero-order valence-electron chi connectivity index (χ0n) is 11.3. The van der Waals surface area contributed by atoms with Crippen molar-refractivity contribution in [3.8, 4) is 0 Å². The third-order valence-electron chi connectivity index (χ3n) is 3.66. The molecule has 0 amide bonds. The van der Waals surface area contributed by atoms with E-state index in [9.17, 15) is 5.11 Å². The lowest BCUT2D eigenvalue weighted by atomic mass is 10.1. The molecule has 108 valence electrons. The summed E-state index contributed by atoms with van der Waals surface area (Å²) >= 11 is 0. The fourth-order valence-corrected chi connectivity index (χ4v) is 2.52. The van der Waals surface area contributed by atoms with Crippen LogP contribution in [0, 0.1) is 0 Å². The van der Waals surface area contributed by atoms with E-state index in [0.29, 0.717) is 19.5 Å². The Morgan fingerprint density at radius 2 is 2.16 bits per heavy atom. The number of aryl methyl sites for hydroxylation is 1. The number of aliphatic hydroxyl groups excluding tert-OH is 2. The van der Waals surface area contributed by atoms with Crippen LogP contribution in [0.5, 0.6) is 0 Å². The van der Waals surface area contributed by atoms with E-state index in [1.807, 2.05) is 6.20 Å². The van der Waals surface area contributed by atoms with E-state index in [1.54, 1.807) is 4.68 Å². The van der Waals surface area contributed by atoms with Crippen molar-refractivity contribution in [2.75, 3.05) is 6.61 Å². The predicted molar refractivity (Wildman–Crippen MR) is 71.4 cm³/mol. The van der Waals surface area contributed by atoms with Gasteiger partial charge in [0.25, 0.3) is 0 Å². The number of nitrogens with zero attached hydrogens (tertiary/aromatic N) is 3. The minimum atomic E-state index is -0.244. The maximum Gasteiger partial charge on any atom is 0.0964 e. The van der Waals surface area contributed by atoms with Crippen LogP contribution in [-0.2, 0) is 13.1 Å². The zero-order chi connectivity index (χ0) is 13.5. The molecular formula is C13H24N4O2. The quantitative estimate of drug-likeness (QED) is 0.652. The highest BCUT2D eigenvalue weighted by Gasteiger charge is 2.21. The molecule has 1 heterocycles. The fraction of sp³-hybridized carbons (Fsp3) is 0.846. The van der Waals surface area contributed by atoms with Gasteiger partial charge in [-0.1, -0.05) is 24.5 Å². The van der Waals surface area contributed by atoms with E-state index in [0.717, 1.165) is 25.0 Å². The highest BCUT2D eigenvalue weighted by Crippen LogP contribution is 2.18. The Labute approximate surface area is 113 Å². The van der Waals surface area contributed by atoms with Crippen molar-refractivity contribution in [1.29, 1.82) is 0 Å². The van der Waals surface area contributed by atoms with Gasteiger partial charge in [-0.3, -0.25) is 4.68 Å². The second-order valence-electron chi connectivity index (χ2n) is 5.24. The van der Waals surface area contributed by atoms with Gasteiger partial charge in [-0.2, -0.15) is 0 Å². The summed E-state index contributed by atoms with van der Waals surface area (Å²) in [5.41, 5.74) is 0.884. The summed E-state index contributed by atoms with van der Waals surface area (Å²) in [5.74, 6) is 0. The van der Waals surface area contributed by atoms with Crippen LogP contribution in [-0.4, -0.2) is 44.0 Å². The Hall–Kier alpha value is -0.980. The minimum Gasteiger partial charge on any atom is -0.396 e. The highest BCUT2D eigenvalue weighted by molar-refractivity contribution is 4.93. The predicted octanol–water partition coefficient (Wildman–Crippen LogP) is 0.444. The number of aromatic nitrogens is 3. The molecule has 0 radical (unpaired) electrons. The lowest BCUT2D eigenvalue weighted by Crippen LogP contribution is -2.38. The van der Waals surface area contributed by atoms with Crippen molar-refractivity contribution in [2.45, 2.75) is 63.8 Å². The number of rotatable bonds is 6. The molecule has 0 aliphatic heterocycles. The Morgan fingerprint density at radius 1 is 1.32 bits per heavy atom. The topological polar surface area (TPSA) is 83.2 Å². The highest BCUT2D eigenvalue weighted by atomic mass is 16.3. The van der Waals surface area contributed by atoms with Crippen molar-refractivity contribution >= 4 is 0 Å². The molecule has 1 aromatic rings. The fourth-order valence-electron chi connectivity index (χ4n) is 2.52. The Kier molecular flexibility index (Phi) is 5.75. The number of aliphatic hydroxyl groups is 2. The van der Waals surface area contributed by atoms with Crippen LogP contribution in [0.25, 0.3) is 0 Å². The molecule has 3 N–H and O–H groups in total. The third kappa shape index (κ3) is 4.56. The molecule has 6 nitrogen and oxygen atoms in total. The Balaban J connectivity index is 1.78. The molecule has 2 unspecified atom stereocenters. The van der Waals surface area contributed by atoms with Gasteiger partial charge in [-0.25, -0.2) is 0 Å². The molecule has 0 aromatic carbocycles. The number of nitrogens with one attached hydrogen (secondary N) is 1. The van der Waals surface area contributed by atoms with E-state index in [1.165, 1.54) is 12.8 Å². The molecule has 0 spiro atoms. The minimum absolute atomic E-state index is 0.168. The normalized spacial score (nSPS) is 24.3. The molecule has 1 aliphatic rings. The molecule has 0 saturated heterocycles. The molecule has 1 saturated carbocycles. The summed E-state index contributed by atoms with van der Waals surface area (Å²) in [7, 11) is 0. The summed E-state index contributed by atoms with van der Waals surface area (Å²) in [6, 6.07) is 0.171. The number of hydrogen-bond donors (Lipinski definition) is 3. The summed E-state index contributed by atoms with van der Waals surface area (Å²) < 4.78 is 1.75. The molecular weight excluding hydrogens is 244 g/mol. The Morgan fingerprint density at radius 3 is 3.00 bits per heavy atom. The van der Waals surface area contributed by atoms with Gasteiger partial charge in [0.15, 0.2) is 0 Å². The summed E-state index contributed by atoms with van der Waals surface area (Å²) in [4.78, 5) is 0. The smallest absolute Gasteiger partial charge is 0.0964 e. The van der Waals surface area contributed by atoms with Gasteiger partial charge < -0.3 is 15.5 Å². The van der Waals surface area contributed by atoms with Crippen molar-refractivity contribution in [2.24, 2.45) is 0 Å². The van der Waals surface area contributed by atoms with E-state index < -0.39 is 0 Å². The molecule has 1 aromatic heterocycles. The molecule has 6 heteroatoms. The van der Waals surface area contributed by atoms with E-state index >= 15 is 0 Å². The van der Waals surface area contributed by atoms with Crippen molar-refractivity contribution < 1.29 is 10.2 Å². The van der Waals surface area contributed by atoms with Crippen LogP contribution in [0.15, 0.2) is 6.20 Å². The maximum atomic E-state index is 10.0. The van der Waals surface area contributed by atoms with Gasteiger partial charge in [0, 0.05) is 31.9 Å². The van der Waals surface area contributed by atoms with Crippen molar-refractivity contribution in [3.05, 3.63) is 11.9 Å². The second kappa shape index (κ2) is 7.57. The van der Waals surface area contributed by atoms with Crippen molar-refractivity contribution in [1.82, 2.24) is 20.3 Å². The van der Waals surface area contributed by atoms with E-state index in [-0.39, 0.29) is 18.8 Å². The monoisotopic (exact) mass is 268 g/mol. The lowest BCUT2D eigenvalue weighted by molar-refractivity contribution is 0.119. The van der Waals surface area contributed by atoms with Gasteiger partial charge >= 0.3 is 0 Å². The second-order valence-corrected chi connectivity index (χ2v) is 5.24. The van der Waals surface area contributed by atoms with Crippen molar-refractivity contribution in [3.63, 3.8) is 0 Å². The van der Waals surface area contributed by atoms with E-state index in [2.05, 4.69) is 15.6 Å². The molecule has 1 aliphatic carbocycles. The SMILES string of the molecule is OCCCn1cc(CNC2CCCCCC2O)nn1. The van der Waals surface area contributed by atoms with Crippen LogP contribution < -0.4 is 5.32 Å². The van der Waals surface area contributed by atoms with Gasteiger partial charge in [0.05, 0.1) is 11.8 Å². The largest absolute Gasteiger partial charge is 0.396 e. The van der Waals surface area contributed by atoms with Gasteiger partial charge in [-0.15, -0.1) is 5.10 Å². The number of hydrogen-bond acceptors (Lipinski definition) is 5. The summed E-state index contributed by atoms with van der Waals surface area (Å²) in [5, 5.41) is 30.3. The lowest BCUT2D eigenvalue weighted by Gasteiger charge is -2.21. The van der Waals surface area contributed by atoms with Crippen LogP contribution in [0.1, 0.15) is 44.2 Å². The van der Waals surface area contributed by atoms with Crippen LogP contribution in [0.4, 0.5) is 0 Å². The van der Waals surface area contributed by atoms with Crippen LogP contribution >= 0.6 is 0 Å². The molecule has 2 atom stereocenters. The zero-order valence-corrected chi connectivity index (χ0v) is 11.3. The van der Waals surface area contributed by atoms with E-state index in [4.69, 9.17) is 5.11 Å². The molecule has 19 heavy (non-hydrogen) atoms.